The maximum atomic E-state index is 12.4. The topological polar surface area (TPSA) is 98.9 Å². The molecule has 3 rings (SSSR count). The van der Waals surface area contributed by atoms with E-state index in [1.54, 1.807) is 24.1 Å². The Hall–Kier alpha value is -3.01. The number of carbonyl (C=O) groups is 1. The number of aryl methyl sites for hydroxylation is 2. The van der Waals surface area contributed by atoms with Gasteiger partial charge in [-0.25, -0.2) is 9.97 Å². The van der Waals surface area contributed by atoms with Gasteiger partial charge >= 0.3 is 0 Å². The molecule has 28 heavy (non-hydrogen) atoms. The number of nitrogens with one attached hydrogen (secondary N) is 2. The van der Waals surface area contributed by atoms with E-state index in [9.17, 15) is 4.79 Å². The molecule has 9 nitrogen and oxygen atoms in total. The molecule has 0 aromatic carbocycles. The number of carbonyl (C=O) groups excluding carboxylic acids is 1. The fourth-order valence-electron chi connectivity index (χ4n) is 2.89. The lowest BCUT2D eigenvalue weighted by molar-refractivity contribution is 0.0660. The predicted octanol–water partition coefficient (Wildman–Crippen LogP) is 1.42. The van der Waals surface area contributed by atoms with Gasteiger partial charge in [-0.1, -0.05) is 0 Å². The number of aromatic nitrogens is 2. The molecule has 0 aliphatic carbocycles. The summed E-state index contributed by atoms with van der Waals surface area (Å²) in [4.78, 5) is 29.5. The summed E-state index contributed by atoms with van der Waals surface area (Å²) in [6.07, 6.45) is 1.50. The van der Waals surface area contributed by atoms with Crippen molar-refractivity contribution in [2.75, 3.05) is 38.5 Å². The van der Waals surface area contributed by atoms with Gasteiger partial charge in [-0.3, -0.25) is 10.1 Å². The molecule has 0 atom stereocenters. The number of anilines is 1. The zero-order chi connectivity index (χ0) is 20.1. The van der Waals surface area contributed by atoms with Gasteiger partial charge in [0.15, 0.2) is 10.9 Å². The lowest BCUT2D eigenvalue weighted by Gasteiger charge is -2.36. The molecule has 148 valence electrons. The Labute approximate surface area is 168 Å². The van der Waals surface area contributed by atoms with Crippen LogP contribution in [0, 0.1) is 13.8 Å². The third-order valence-electron chi connectivity index (χ3n) is 4.23. The highest BCUT2D eigenvalue weighted by atomic mass is 32.1. The first kappa shape index (κ1) is 19.7. The van der Waals surface area contributed by atoms with Crippen LogP contribution in [0.2, 0.25) is 0 Å². The second kappa shape index (κ2) is 8.79. The quantitative estimate of drug-likeness (QED) is 0.443. The van der Waals surface area contributed by atoms with Crippen molar-refractivity contribution in [3.8, 4) is 0 Å². The van der Waals surface area contributed by atoms with Gasteiger partial charge in [0.2, 0.25) is 11.9 Å². The molecule has 1 amide bonds. The summed E-state index contributed by atoms with van der Waals surface area (Å²) in [5.74, 6) is 1.25. The van der Waals surface area contributed by atoms with Crippen LogP contribution in [0.3, 0.4) is 0 Å². The number of furan rings is 1. The summed E-state index contributed by atoms with van der Waals surface area (Å²) >= 11 is 5.20. The maximum absolute atomic E-state index is 12.4. The van der Waals surface area contributed by atoms with Gasteiger partial charge in [-0.15, -0.1) is 0 Å². The molecule has 1 aliphatic rings. The SMILES string of the molecule is CNC(=S)/N=C(/Nc1nc(C)cc(C)n1)N1CCN(C(=O)c2ccco2)CC1. The van der Waals surface area contributed by atoms with Gasteiger partial charge < -0.3 is 19.5 Å². The van der Waals surface area contributed by atoms with Crippen molar-refractivity contribution in [1.82, 2.24) is 25.1 Å². The van der Waals surface area contributed by atoms with Crippen LogP contribution in [0.1, 0.15) is 21.9 Å². The first-order valence-corrected chi connectivity index (χ1v) is 9.34. The van der Waals surface area contributed by atoms with Crippen molar-refractivity contribution in [3.63, 3.8) is 0 Å². The van der Waals surface area contributed by atoms with Crippen LogP contribution in [0.25, 0.3) is 0 Å². The molecule has 10 heteroatoms. The van der Waals surface area contributed by atoms with Crippen LogP contribution in [0.5, 0.6) is 0 Å². The lowest BCUT2D eigenvalue weighted by Crippen LogP contribution is -2.52. The number of rotatable bonds is 2. The zero-order valence-corrected chi connectivity index (χ0v) is 16.9. The monoisotopic (exact) mass is 401 g/mol. The molecule has 2 N–H and O–H groups in total. The minimum atomic E-state index is -0.112. The Kier molecular flexibility index (Phi) is 6.19. The summed E-state index contributed by atoms with van der Waals surface area (Å²) in [6, 6.07) is 5.28. The largest absolute Gasteiger partial charge is 0.459 e. The van der Waals surface area contributed by atoms with Gasteiger partial charge in [-0.2, -0.15) is 4.99 Å². The number of guanidine groups is 1. The van der Waals surface area contributed by atoms with Gasteiger partial charge in [-0.05, 0) is 44.3 Å². The molecule has 2 aromatic heterocycles. The van der Waals surface area contributed by atoms with Crippen LogP contribution in [0.4, 0.5) is 5.95 Å². The molecule has 0 saturated carbocycles. The van der Waals surface area contributed by atoms with Crippen molar-refractivity contribution >= 4 is 35.1 Å². The molecule has 0 radical (unpaired) electrons. The van der Waals surface area contributed by atoms with Crippen LogP contribution in [0.15, 0.2) is 33.9 Å². The highest BCUT2D eigenvalue weighted by Crippen LogP contribution is 2.11. The fourth-order valence-corrected chi connectivity index (χ4v) is 2.98. The highest BCUT2D eigenvalue weighted by Gasteiger charge is 2.26. The average Bonchev–Trinajstić information content (AvgIpc) is 3.21. The Morgan fingerprint density at radius 1 is 1.18 bits per heavy atom. The fraction of sp³-hybridized carbons (Fsp3) is 0.389. The third kappa shape index (κ3) is 4.83. The van der Waals surface area contributed by atoms with Crippen LogP contribution in [-0.4, -0.2) is 70.0 Å². The van der Waals surface area contributed by atoms with E-state index in [2.05, 4.69) is 25.6 Å². The van der Waals surface area contributed by atoms with Crippen LogP contribution >= 0.6 is 12.2 Å². The van der Waals surface area contributed by atoms with E-state index in [1.165, 1.54) is 6.26 Å². The molecule has 0 unspecified atom stereocenters. The van der Waals surface area contributed by atoms with Gasteiger partial charge in [0, 0.05) is 44.6 Å². The van der Waals surface area contributed by atoms with E-state index < -0.39 is 0 Å². The number of nitrogens with zero attached hydrogens (tertiary/aromatic N) is 5. The Balaban J connectivity index is 1.72. The molecular formula is C18H23N7O2S. The molecule has 0 spiro atoms. The first-order chi connectivity index (χ1) is 13.5. The van der Waals surface area contributed by atoms with Crippen LogP contribution in [-0.2, 0) is 0 Å². The van der Waals surface area contributed by atoms with E-state index in [4.69, 9.17) is 16.6 Å². The molecule has 3 heterocycles. The van der Waals surface area contributed by atoms with Crippen LogP contribution < -0.4 is 10.6 Å². The molecule has 1 saturated heterocycles. The van der Waals surface area contributed by atoms with Crippen molar-refractivity contribution in [1.29, 1.82) is 0 Å². The molecule has 0 bridgehead atoms. The lowest BCUT2D eigenvalue weighted by atomic mass is 10.3. The number of amides is 1. The number of thiocarbonyl (C=S) groups is 1. The number of piperazine rings is 1. The Morgan fingerprint density at radius 3 is 2.39 bits per heavy atom. The Morgan fingerprint density at radius 2 is 1.82 bits per heavy atom. The summed E-state index contributed by atoms with van der Waals surface area (Å²) in [5, 5.41) is 6.37. The van der Waals surface area contributed by atoms with E-state index in [-0.39, 0.29) is 5.91 Å². The van der Waals surface area contributed by atoms with Gasteiger partial charge in [0.1, 0.15) is 0 Å². The average molecular weight is 401 g/mol. The Bertz CT molecular complexity index is 854. The molecule has 1 aliphatic heterocycles. The molecular weight excluding hydrogens is 378 g/mol. The summed E-state index contributed by atoms with van der Waals surface area (Å²) < 4.78 is 5.21. The smallest absolute Gasteiger partial charge is 0.289 e. The van der Waals surface area contributed by atoms with Crippen molar-refractivity contribution in [3.05, 3.63) is 41.6 Å². The zero-order valence-electron chi connectivity index (χ0n) is 16.1. The molecule has 1 fully saturated rings. The standard InChI is InChI=1S/C18H23N7O2S/c1-12-11-13(2)21-16(20-12)22-17(23-18(28)19-3)25-8-6-24(7-9-25)15(26)14-5-4-10-27-14/h4-5,10-11H,6-9H2,1-3H3,(H2,19,20,21,22,23,28). The minimum absolute atomic E-state index is 0.112. The van der Waals surface area contributed by atoms with E-state index in [1.807, 2.05) is 24.8 Å². The van der Waals surface area contributed by atoms with E-state index in [0.717, 1.165) is 11.4 Å². The van der Waals surface area contributed by atoms with Gasteiger partial charge in [0.05, 0.1) is 6.26 Å². The number of hydrogen-bond acceptors (Lipinski definition) is 5. The summed E-state index contributed by atoms with van der Waals surface area (Å²) in [7, 11) is 1.72. The number of aliphatic imine (C=N–C) groups is 1. The van der Waals surface area contributed by atoms with Crippen molar-refractivity contribution in [2.24, 2.45) is 4.99 Å². The minimum Gasteiger partial charge on any atom is -0.459 e. The second-order valence-electron chi connectivity index (χ2n) is 6.35. The van der Waals surface area contributed by atoms with Gasteiger partial charge in [0.25, 0.3) is 5.91 Å². The van der Waals surface area contributed by atoms with E-state index in [0.29, 0.717) is 49.0 Å². The third-order valence-corrected chi connectivity index (χ3v) is 4.52. The van der Waals surface area contributed by atoms with Crippen molar-refractivity contribution < 1.29 is 9.21 Å². The summed E-state index contributed by atoms with van der Waals surface area (Å²) in [5.41, 5.74) is 1.72. The second-order valence-corrected chi connectivity index (χ2v) is 6.73. The van der Waals surface area contributed by atoms with Crippen molar-refractivity contribution in [2.45, 2.75) is 13.8 Å². The molecule has 2 aromatic rings. The highest BCUT2D eigenvalue weighted by molar-refractivity contribution is 7.80. The maximum Gasteiger partial charge on any atom is 0.289 e. The normalized spacial score (nSPS) is 14.8. The summed E-state index contributed by atoms with van der Waals surface area (Å²) in [6.45, 7) is 6.09. The number of hydrogen-bond donors (Lipinski definition) is 2. The predicted molar refractivity (Wildman–Crippen MR) is 110 cm³/mol. The van der Waals surface area contributed by atoms with E-state index >= 15 is 0 Å². The first-order valence-electron chi connectivity index (χ1n) is 8.93.